The standard InChI is InChI=1S/C18H22OS/c1-2-3-12-19-17-11-10-16(18-9-6-13-20-18)14-7-4-5-8-15(14)17/h4-5,7-8,10-11,18H,2-3,6,9,12-13H2,1H3. The Morgan fingerprint density at radius 3 is 2.75 bits per heavy atom. The van der Waals surface area contributed by atoms with Gasteiger partial charge in [-0.2, -0.15) is 11.8 Å². The molecule has 2 aromatic rings. The van der Waals surface area contributed by atoms with Crippen LogP contribution in [-0.2, 0) is 0 Å². The zero-order valence-corrected chi connectivity index (χ0v) is 12.9. The van der Waals surface area contributed by atoms with Crippen molar-refractivity contribution in [2.45, 2.75) is 37.9 Å². The van der Waals surface area contributed by atoms with Gasteiger partial charge >= 0.3 is 0 Å². The lowest BCUT2D eigenvalue weighted by atomic mass is 9.99. The van der Waals surface area contributed by atoms with Crippen LogP contribution in [0.25, 0.3) is 10.8 Å². The predicted molar refractivity (Wildman–Crippen MR) is 88.8 cm³/mol. The van der Waals surface area contributed by atoms with E-state index in [9.17, 15) is 0 Å². The van der Waals surface area contributed by atoms with Gasteiger partial charge in [0, 0.05) is 10.6 Å². The third-order valence-corrected chi connectivity index (χ3v) is 5.37. The van der Waals surface area contributed by atoms with Crippen LogP contribution in [0.4, 0.5) is 0 Å². The van der Waals surface area contributed by atoms with Crippen LogP contribution in [0.2, 0.25) is 0 Å². The molecule has 0 N–H and O–H groups in total. The molecule has 1 unspecified atom stereocenters. The van der Waals surface area contributed by atoms with Crippen LogP contribution in [-0.4, -0.2) is 12.4 Å². The molecule has 106 valence electrons. The van der Waals surface area contributed by atoms with E-state index in [1.165, 1.54) is 41.4 Å². The average molecular weight is 286 g/mol. The maximum absolute atomic E-state index is 5.97. The van der Waals surface area contributed by atoms with Crippen molar-refractivity contribution < 1.29 is 4.74 Å². The quantitative estimate of drug-likeness (QED) is 0.663. The maximum Gasteiger partial charge on any atom is 0.127 e. The highest BCUT2D eigenvalue weighted by Crippen LogP contribution is 2.43. The summed E-state index contributed by atoms with van der Waals surface area (Å²) in [4.78, 5) is 0. The van der Waals surface area contributed by atoms with Gasteiger partial charge in [0.2, 0.25) is 0 Å². The zero-order valence-electron chi connectivity index (χ0n) is 12.1. The molecule has 3 rings (SSSR count). The average Bonchev–Trinajstić information content (AvgIpc) is 3.01. The summed E-state index contributed by atoms with van der Waals surface area (Å²) < 4.78 is 5.97. The molecule has 0 aromatic heterocycles. The summed E-state index contributed by atoms with van der Waals surface area (Å²) in [5.74, 6) is 2.34. The second kappa shape index (κ2) is 6.53. The number of hydrogen-bond acceptors (Lipinski definition) is 2. The summed E-state index contributed by atoms with van der Waals surface area (Å²) in [5.41, 5.74) is 1.49. The second-order valence-corrected chi connectivity index (χ2v) is 6.71. The van der Waals surface area contributed by atoms with Gasteiger partial charge in [-0.25, -0.2) is 0 Å². The van der Waals surface area contributed by atoms with Crippen LogP contribution in [0.1, 0.15) is 43.4 Å². The van der Waals surface area contributed by atoms with Crippen LogP contribution >= 0.6 is 11.8 Å². The fourth-order valence-electron chi connectivity index (χ4n) is 2.85. The maximum atomic E-state index is 5.97. The molecule has 2 heteroatoms. The van der Waals surface area contributed by atoms with Crippen molar-refractivity contribution in [3.8, 4) is 5.75 Å². The van der Waals surface area contributed by atoms with Gasteiger partial charge in [-0.3, -0.25) is 0 Å². The number of hydrogen-bond donors (Lipinski definition) is 0. The molecule has 1 aliphatic heterocycles. The Morgan fingerprint density at radius 1 is 1.15 bits per heavy atom. The Balaban J connectivity index is 1.96. The molecule has 1 aliphatic rings. The first kappa shape index (κ1) is 13.8. The normalized spacial score (nSPS) is 18.6. The van der Waals surface area contributed by atoms with Crippen LogP contribution in [0.5, 0.6) is 5.75 Å². The molecule has 0 bridgehead atoms. The second-order valence-electron chi connectivity index (χ2n) is 5.40. The van der Waals surface area contributed by atoms with E-state index in [-0.39, 0.29) is 0 Å². The number of fused-ring (bicyclic) bond motifs is 1. The first-order valence-electron chi connectivity index (χ1n) is 7.66. The molecule has 1 atom stereocenters. The summed E-state index contributed by atoms with van der Waals surface area (Å²) >= 11 is 2.10. The van der Waals surface area contributed by atoms with E-state index in [4.69, 9.17) is 4.74 Å². The molecule has 0 amide bonds. The zero-order chi connectivity index (χ0) is 13.8. The van der Waals surface area contributed by atoms with E-state index in [1.807, 2.05) is 0 Å². The van der Waals surface area contributed by atoms with Crippen molar-refractivity contribution in [3.63, 3.8) is 0 Å². The monoisotopic (exact) mass is 286 g/mol. The highest BCUT2D eigenvalue weighted by atomic mass is 32.2. The van der Waals surface area contributed by atoms with E-state index in [0.717, 1.165) is 18.8 Å². The smallest absolute Gasteiger partial charge is 0.127 e. The number of benzene rings is 2. The van der Waals surface area contributed by atoms with Crippen LogP contribution in [0, 0.1) is 0 Å². The lowest BCUT2D eigenvalue weighted by Gasteiger charge is -2.16. The van der Waals surface area contributed by atoms with Crippen molar-refractivity contribution in [3.05, 3.63) is 42.0 Å². The van der Waals surface area contributed by atoms with Gasteiger partial charge in [-0.1, -0.05) is 43.7 Å². The Labute approximate surface area is 125 Å². The minimum absolute atomic E-state index is 0.671. The summed E-state index contributed by atoms with van der Waals surface area (Å²) in [6, 6.07) is 13.1. The van der Waals surface area contributed by atoms with Crippen molar-refractivity contribution in [1.82, 2.24) is 0 Å². The first-order chi connectivity index (χ1) is 9.90. The van der Waals surface area contributed by atoms with E-state index in [2.05, 4.69) is 55.1 Å². The molecule has 0 radical (unpaired) electrons. The molecule has 0 saturated carbocycles. The van der Waals surface area contributed by atoms with Gasteiger partial charge in [-0.15, -0.1) is 0 Å². The van der Waals surface area contributed by atoms with E-state index >= 15 is 0 Å². The molecule has 20 heavy (non-hydrogen) atoms. The number of unbranched alkanes of at least 4 members (excludes halogenated alkanes) is 1. The van der Waals surface area contributed by atoms with E-state index < -0.39 is 0 Å². The lowest BCUT2D eigenvalue weighted by Crippen LogP contribution is -1.98. The van der Waals surface area contributed by atoms with Gasteiger partial charge in [0.25, 0.3) is 0 Å². The van der Waals surface area contributed by atoms with Crippen LogP contribution in [0.15, 0.2) is 36.4 Å². The molecular weight excluding hydrogens is 264 g/mol. The van der Waals surface area contributed by atoms with Gasteiger partial charge in [0.1, 0.15) is 5.75 Å². The summed E-state index contributed by atoms with van der Waals surface area (Å²) in [6.07, 6.45) is 4.95. The van der Waals surface area contributed by atoms with Crippen LogP contribution < -0.4 is 4.74 Å². The summed E-state index contributed by atoms with van der Waals surface area (Å²) in [5, 5.41) is 3.32. The molecule has 1 saturated heterocycles. The van der Waals surface area contributed by atoms with Crippen molar-refractivity contribution in [1.29, 1.82) is 0 Å². The largest absolute Gasteiger partial charge is 0.493 e. The van der Waals surface area contributed by atoms with Crippen LogP contribution in [0.3, 0.4) is 0 Å². The predicted octanol–water partition coefficient (Wildman–Crippen LogP) is 5.59. The fraction of sp³-hybridized carbons (Fsp3) is 0.444. The molecule has 1 fully saturated rings. The van der Waals surface area contributed by atoms with Crippen molar-refractivity contribution >= 4 is 22.5 Å². The lowest BCUT2D eigenvalue weighted by molar-refractivity contribution is 0.313. The molecular formula is C18H22OS. The Morgan fingerprint density at radius 2 is 2.00 bits per heavy atom. The van der Waals surface area contributed by atoms with Gasteiger partial charge < -0.3 is 4.74 Å². The highest BCUT2D eigenvalue weighted by molar-refractivity contribution is 7.99. The number of thioether (sulfide) groups is 1. The minimum Gasteiger partial charge on any atom is -0.493 e. The SMILES string of the molecule is CCCCOc1ccc(C2CCCS2)c2ccccc12. The topological polar surface area (TPSA) is 9.23 Å². The minimum atomic E-state index is 0.671. The number of ether oxygens (including phenoxy) is 1. The van der Waals surface area contributed by atoms with E-state index in [0.29, 0.717) is 5.25 Å². The molecule has 1 heterocycles. The third-order valence-electron chi connectivity index (χ3n) is 3.95. The van der Waals surface area contributed by atoms with E-state index in [1.54, 1.807) is 0 Å². The first-order valence-corrected chi connectivity index (χ1v) is 8.71. The Kier molecular flexibility index (Phi) is 4.51. The molecule has 2 aromatic carbocycles. The van der Waals surface area contributed by atoms with Gasteiger partial charge in [0.15, 0.2) is 0 Å². The van der Waals surface area contributed by atoms with Gasteiger partial charge in [-0.05, 0) is 42.0 Å². The Bertz CT molecular complexity index is 573. The molecule has 1 nitrogen and oxygen atoms in total. The third kappa shape index (κ3) is 2.80. The fourth-order valence-corrected chi connectivity index (χ4v) is 4.19. The van der Waals surface area contributed by atoms with Gasteiger partial charge in [0.05, 0.1) is 6.61 Å². The molecule has 0 aliphatic carbocycles. The molecule has 0 spiro atoms. The number of rotatable bonds is 5. The highest BCUT2D eigenvalue weighted by Gasteiger charge is 2.20. The summed E-state index contributed by atoms with van der Waals surface area (Å²) in [6.45, 7) is 3.01. The van der Waals surface area contributed by atoms with Crippen molar-refractivity contribution in [2.24, 2.45) is 0 Å². The van der Waals surface area contributed by atoms with Crippen molar-refractivity contribution in [2.75, 3.05) is 12.4 Å². The Hall–Kier alpha value is -1.15. The summed E-state index contributed by atoms with van der Waals surface area (Å²) in [7, 11) is 0.